The van der Waals surface area contributed by atoms with Crippen LogP contribution in [0.4, 0.5) is 0 Å². The van der Waals surface area contributed by atoms with E-state index in [2.05, 4.69) is 4.72 Å². The number of halogens is 1. The van der Waals surface area contributed by atoms with Gasteiger partial charge in [-0.1, -0.05) is 24.4 Å². The normalized spacial score (nSPS) is 17.2. The lowest BCUT2D eigenvalue weighted by Gasteiger charge is -2.24. The Balaban J connectivity index is 2.16. The number of methoxy groups -OCH3 is 1. The third-order valence-corrected chi connectivity index (χ3v) is 5.83. The van der Waals surface area contributed by atoms with Gasteiger partial charge in [-0.15, -0.1) is 0 Å². The second-order valence-electron chi connectivity index (χ2n) is 5.88. The Hall–Kier alpha value is -1.31. The molecular weight excluding hydrogens is 352 g/mol. The van der Waals surface area contributed by atoms with E-state index in [-0.39, 0.29) is 21.6 Å². The fraction of sp³-hybridized carbons (Fsp3) is 0.562. The van der Waals surface area contributed by atoms with Crippen LogP contribution in [0.25, 0.3) is 0 Å². The summed E-state index contributed by atoms with van der Waals surface area (Å²) in [5.41, 5.74) is 0. The lowest BCUT2D eigenvalue weighted by atomic mass is 10.2. The predicted molar refractivity (Wildman–Crippen MR) is 92.8 cm³/mol. The van der Waals surface area contributed by atoms with E-state index in [9.17, 15) is 13.2 Å². The van der Waals surface area contributed by atoms with Crippen LogP contribution < -0.4 is 9.46 Å². The topological polar surface area (TPSA) is 75.7 Å². The zero-order valence-electron chi connectivity index (χ0n) is 13.9. The van der Waals surface area contributed by atoms with Crippen LogP contribution in [0.3, 0.4) is 0 Å². The third kappa shape index (κ3) is 4.62. The number of carbonyl (C=O) groups is 1. The van der Waals surface area contributed by atoms with Gasteiger partial charge >= 0.3 is 0 Å². The summed E-state index contributed by atoms with van der Waals surface area (Å²) >= 11 is 5.90. The molecule has 0 radical (unpaired) electrons. The Morgan fingerprint density at radius 3 is 2.46 bits per heavy atom. The molecule has 0 bridgehead atoms. The molecule has 1 fully saturated rings. The molecule has 1 aromatic rings. The van der Waals surface area contributed by atoms with Gasteiger partial charge in [-0.2, -0.15) is 4.72 Å². The largest absolute Gasteiger partial charge is 0.495 e. The molecule has 1 saturated heterocycles. The molecule has 134 valence electrons. The molecule has 0 saturated carbocycles. The highest BCUT2D eigenvalue weighted by Gasteiger charge is 2.28. The zero-order chi connectivity index (χ0) is 17.7. The van der Waals surface area contributed by atoms with Crippen LogP contribution in [-0.2, 0) is 14.8 Å². The highest BCUT2D eigenvalue weighted by Crippen LogP contribution is 2.27. The number of nitrogens with zero attached hydrogens (tertiary/aromatic N) is 1. The number of benzene rings is 1. The molecule has 0 spiro atoms. The maximum absolute atomic E-state index is 12.6. The molecule has 1 aliphatic heterocycles. The minimum absolute atomic E-state index is 0.0759. The van der Waals surface area contributed by atoms with E-state index in [4.69, 9.17) is 16.3 Å². The van der Waals surface area contributed by atoms with Crippen molar-refractivity contribution >= 4 is 27.5 Å². The van der Waals surface area contributed by atoms with Crippen molar-refractivity contribution in [3.8, 4) is 5.75 Å². The summed E-state index contributed by atoms with van der Waals surface area (Å²) in [5.74, 6) is -0.0252. The number of hydrogen-bond donors (Lipinski definition) is 1. The number of amides is 1. The number of ether oxygens (including phenoxy) is 1. The van der Waals surface area contributed by atoms with Crippen LogP contribution in [0.5, 0.6) is 5.75 Å². The predicted octanol–water partition coefficient (Wildman–Crippen LogP) is 2.42. The second-order valence-corrected chi connectivity index (χ2v) is 8.00. The van der Waals surface area contributed by atoms with Gasteiger partial charge in [0.05, 0.1) is 13.2 Å². The average molecular weight is 375 g/mol. The van der Waals surface area contributed by atoms with Gasteiger partial charge in [0.1, 0.15) is 10.6 Å². The minimum Gasteiger partial charge on any atom is -0.495 e. The van der Waals surface area contributed by atoms with Crippen LogP contribution in [-0.4, -0.2) is 45.5 Å². The summed E-state index contributed by atoms with van der Waals surface area (Å²) in [6.07, 6.45) is 4.11. The maximum atomic E-state index is 12.6. The fourth-order valence-electron chi connectivity index (χ4n) is 2.77. The lowest BCUT2D eigenvalue weighted by molar-refractivity contribution is -0.132. The molecule has 0 aliphatic carbocycles. The minimum atomic E-state index is -3.92. The fourth-order valence-corrected chi connectivity index (χ4v) is 4.40. The first-order valence-corrected chi connectivity index (χ1v) is 9.86. The van der Waals surface area contributed by atoms with Gasteiger partial charge in [0.15, 0.2) is 0 Å². The number of rotatable bonds is 5. The van der Waals surface area contributed by atoms with E-state index < -0.39 is 16.1 Å². The highest BCUT2D eigenvalue weighted by molar-refractivity contribution is 7.89. The summed E-state index contributed by atoms with van der Waals surface area (Å²) < 4.78 is 32.7. The SMILES string of the molecule is COc1ccc(Cl)cc1S(=O)(=O)NC(C)C(=O)N1CCCCCC1. The van der Waals surface area contributed by atoms with Gasteiger partial charge in [-0.3, -0.25) is 4.79 Å². The number of carbonyl (C=O) groups excluding carboxylic acids is 1. The van der Waals surface area contributed by atoms with E-state index in [0.29, 0.717) is 13.1 Å². The Morgan fingerprint density at radius 2 is 1.88 bits per heavy atom. The molecule has 1 N–H and O–H groups in total. The van der Waals surface area contributed by atoms with Crippen molar-refractivity contribution in [3.05, 3.63) is 23.2 Å². The van der Waals surface area contributed by atoms with Crippen molar-refractivity contribution in [1.82, 2.24) is 9.62 Å². The third-order valence-electron chi connectivity index (χ3n) is 4.04. The molecule has 1 unspecified atom stereocenters. The van der Waals surface area contributed by atoms with E-state index in [1.807, 2.05) is 0 Å². The number of nitrogens with one attached hydrogen (secondary N) is 1. The summed E-state index contributed by atoms with van der Waals surface area (Å²) in [6, 6.07) is 3.49. The standard InChI is InChI=1S/C16H23ClN2O4S/c1-12(16(20)19-9-5-3-4-6-10-19)18-24(21,22)15-11-13(17)7-8-14(15)23-2/h7-8,11-12,18H,3-6,9-10H2,1-2H3. The van der Waals surface area contributed by atoms with Gasteiger partial charge < -0.3 is 9.64 Å². The van der Waals surface area contributed by atoms with Crippen molar-refractivity contribution in [2.75, 3.05) is 20.2 Å². The number of likely N-dealkylation sites (tertiary alicyclic amines) is 1. The molecule has 6 nitrogen and oxygen atoms in total. The van der Waals surface area contributed by atoms with Gasteiger partial charge in [-0.05, 0) is 38.0 Å². The Bertz CT molecular complexity index is 685. The van der Waals surface area contributed by atoms with Crippen molar-refractivity contribution in [2.24, 2.45) is 0 Å². The summed E-state index contributed by atoms with van der Waals surface area (Å²) in [5, 5.41) is 0.280. The first-order chi connectivity index (χ1) is 11.3. The van der Waals surface area contributed by atoms with Crippen LogP contribution in [0, 0.1) is 0 Å². The first kappa shape index (κ1) is 19.0. The Labute approximate surface area is 148 Å². The summed E-state index contributed by atoms with van der Waals surface area (Å²) in [6.45, 7) is 2.90. The van der Waals surface area contributed by atoms with E-state index in [0.717, 1.165) is 25.7 Å². The quantitative estimate of drug-likeness (QED) is 0.858. The van der Waals surface area contributed by atoms with Crippen LogP contribution in [0.1, 0.15) is 32.6 Å². The Morgan fingerprint density at radius 1 is 1.25 bits per heavy atom. The van der Waals surface area contributed by atoms with Crippen molar-refractivity contribution in [1.29, 1.82) is 0 Å². The number of sulfonamides is 1. The molecule has 1 amide bonds. The molecule has 8 heteroatoms. The van der Waals surface area contributed by atoms with E-state index in [1.165, 1.54) is 19.2 Å². The van der Waals surface area contributed by atoms with E-state index in [1.54, 1.807) is 17.9 Å². The number of hydrogen-bond acceptors (Lipinski definition) is 4. The monoisotopic (exact) mass is 374 g/mol. The molecule has 0 aromatic heterocycles. The molecule has 1 atom stereocenters. The summed E-state index contributed by atoms with van der Waals surface area (Å²) in [7, 11) is -2.54. The Kier molecular flexibility index (Phi) is 6.48. The van der Waals surface area contributed by atoms with Crippen LogP contribution in [0.2, 0.25) is 5.02 Å². The van der Waals surface area contributed by atoms with Crippen molar-refractivity contribution in [3.63, 3.8) is 0 Å². The van der Waals surface area contributed by atoms with Gasteiger partial charge in [-0.25, -0.2) is 8.42 Å². The highest BCUT2D eigenvalue weighted by atomic mass is 35.5. The van der Waals surface area contributed by atoms with E-state index >= 15 is 0 Å². The van der Waals surface area contributed by atoms with Crippen molar-refractivity contribution < 1.29 is 17.9 Å². The molecule has 1 aliphatic rings. The molecule has 24 heavy (non-hydrogen) atoms. The first-order valence-electron chi connectivity index (χ1n) is 8.00. The van der Waals surface area contributed by atoms with Gasteiger partial charge in [0, 0.05) is 18.1 Å². The average Bonchev–Trinajstić information content (AvgIpc) is 2.83. The summed E-state index contributed by atoms with van der Waals surface area (Å²) in [4.78, 5) is 14.2. The lowest BCUT2D eigenvalue weighted by Crippen LogP contribution is -2.47. The van der Waals surface area contributed by atoms with Crippen LogP contribution >= 0.6 is 11.6 Å². The molecule has 2 rings (SSSR count). The molecule has 1 aromatic carbocycles. The van der Waals surface area contributed by atoms with Crippen LogP contribution in [0.15, 0.2) is 23.1 Å². The smallest absolute Gasteiger partial charge is 0.245 e. The molecular formula is C16H23ClN2O4S. The van der Waals surface area contributed by atoms with Gasteiger partial charge in [0.2, 0.25) is 15.9 Å². The molecule has 1 heterocycles. The van der Waals surface area contributed by atoms with Crippen molar-refractivity contribution in [2.45, 2.75) is 43.5 Å². The maximum Gasteiger partial charge on any atom is 0.245 e. The second kappa shape index (κ2) is 8.18. The van der Waals surface area contributed by atoms with Gasteiger partial charge in [0.25, 0.3) is 0 Å². The zero-order valence-corrected chi connectivity index (χ0v) is 15.5.